The normalized spacial score (nSPS) is 17.4. The minimum atomic E-state index is 0.186. The van der Waals surface area contributed by atoms with Crippen LogP contribution in [0.25, 0.3) is 0 Å². The van der Waals surface area contributed by atoms with E-state index in [1.165, 1.54) is 0 Å². The van der Waals surface area contributed by atoms with Crippen LogP contribution < -0.4 is 5.73 Å². The quantitative estimate of drug-likeness (QED) is 0.533. The van der Waals surface area contributed by atoms with E-state index in [9.17, 15) is 5.11 Å². The highest BCUT2D eigenvalue weighted by Crippen LogP contribution is 2.32. The molecule has 3 N–H and O–H groups in total. The Kier molecular flexibility index (Phi) is 1.93. The lowest BCUT2D eigenvalue weighted by atomic mass is 10.3. The summed E-state index contributed by atoms with van der Waals surface area (Å²) >= 11 is 0. The van der Waals surface area contributed by atoms with Crippen molar-refractivity contribution in [2.45, 2.75) is 12.8 Å². The summed E-state index contributed by atoms with van der Waals surface area (Å²) in [5, 5.41) is 9.40. The fourth-order valence-corrected chi connectivity index (χ4v) is 1.17. The van der Waals surface area contributed by atoms with Gasteiger partial charge in [-0.1, -0.05) is 12.1 Å². The summed E-state index contributed by atoms with van der Waals surface area (Å²) in [6.45, 7) is 0. The Morgan fingerprint density at radius 3 is 2.69 bits per heavy atom. The lowest BCUT2D eigenvalue weighted by Crippen LogP contribution is -2.12. The van der Waals surface area contributed by atoms with Gasteiger partial charge in [-0.15, -0.1) is 0 Å². The number of rotatable bonds is 2. The Hall–Kier alpha value is -1.51. The predicted octanol–water partition coefficient (Wildman–Crippen LogP) is 1.79. The second-order valence-corrected chi connectivity index (χ2v) is 3.30. The second-order valence-electron chi connectivity index (χ2n) is 3.30. The summed E-state index contributed by atoms with van der Waals surface area (Å²) < 4.78 is 0. The van der Waals surface area contributed by atoms with E-state index >= 15 is 0 Å². The van der Waals surface area contributed by atoms with E-state index in [0.29, 0.717) is 17.4 Å². The van der Waals surface area contributed by atoms with Crippen molar-refractivity contribution in [3.63, 3.8) is 0 Å². The number of aromatic hydroxyl groups is 1. The number of hydrogen-bond acceptors (Lipinski definition) is 2. The van der Waals surface area contributed by atoms with E-state index in [-0.39, 0.29) is 5.75 Å². The van der Waals surface area contributed by atoms with E-state index in [1.807, 2.05) is 6.07 Å². The van der Waals surface area contributed by atoms with Gasteiger partial charge in [-0.2, -0.15) is 0 Å². The Labute approximate surface area is 76.9 Å². The fraction of sp³-hybridized carbons (Fsp3) is 0.300. The number of amidine groups is 1. The van der Waals surface area contributed by atoms with Crippen LogP contribution in [0.2, 0.25) is 0 Å². The van der Waals surface area contributed by atoms with Gasteiger partial charge >= 0.3 is 0 Å². The topological polar surface area (TPSA) is 58.6 Å². The zero-order valence-corrected chi connectivity index (χ0v) is 7.27. The first kappa shape index (κ1) is 8.10. The van der Waals surface area contributed by atoms with Gasteiger partial charge in [-0.05, 0) is 25.0 Å². The smallest absolute Gasteiger partial charge is 0.141 e. The molecular weight excluding hydrogens is 164 g/mol. The summed E-state index contributed by atoms with van der Waals surface area (Å²) in [5.74, 6) is 1.27. The standard InChI is InChI=1S/C10H12N2O/c11-10(7-5-6-7)12-8-3-1-2-4-9(8)13/h1-4,7,13H,5-6H2,(H2,11,12). The number of para-hydroxylation sites is 2. The van der Waals surface area contributed by atoms with Gasteiger partial charge in [0.05, 0.1) is 0 Å². The van der Waals surface area contributed by atoms with Crippen LogP contribution in [-0.4, -0.2) is 10.9 Å². The first-order valence-corrected chi connectivity index (χ1v) is 4.39. The molecule has 0 amide bonds. The summed E-state index contributed by atoms with van der Waals surface area (Å²) in [7, 11) is 0. The van der Waals surface area contributed by atoms with Gasteiger partial charge in [-0.3, -0.25) is 0 Å². The number of nitrogens with two attached hydrogens (primary N) is 1. The molecule has 1 aromatic rings. The number of hydrogen-bond donors (Lipinski definition) is 2. The zero-order chi connectivity index (χ0) is 9.26. The molecule has 0 unspecified atom stereocenters. The maximum atomic E-state index is 9.40. The molecule has 0 spiro atoms. The molecule has 0 atom stereocenters. The fourth-order valence-electron chi connectivity index (χ4n) is 1.17. The van der Waals surface area contributed by atoms with Gasteiger partial charge in [-0.25, -0.2) is 4.99 Å². The van der Waals surface area contributed by atoms with Gasteiger partial charge in [0.2, 0.25) is 0 Å². The Balaban J connectivity index is 2.25. The number of benzene rings is 1. The highest BCUT2D eigenvalue weighted by atomic mass is 16.3. The van der Waals surface area contributed by atoms with Crippen molar-refractivity contribution in [3.8, 4) is 5.75 Å². The van der Waals surface area contributed by atoms with Crippen LogP contribution in [0.15, 0.2) is 29.3 Å². The van der Waals surface area contributed by atoms with Gasteiger partial charge in [0.15, 0.2) is 0 Å². The van der Waals surface area contributed by atoms with E-state index < -0.39 is 0 Å². The molecule has 0 aliphatic heterocycles. The van der Waals surface area contributed by atoms with Crippen molar-refractivity contribution >= 4 is 11.5 Å². The molecule has 3 nitrogen and oxygen atoms in total. The van der Waals surface area contributed by atoms with Crippen LogP contribution in [0.3, 0.4) is 0 Å². The molecule has 0 bridgehead atoms. The van der Waals surface area contributed by atoms with Crippen molar-refractivity contribution in [2.24, 2.45) is 16.6 Å². The number of nitrogens with zero attached hydrogens (tertiary/aromatic N) is 1. The van der Waals surface area contributed by atoms with Gasteiger partial charge < -0.3 is 10.8 Å². The Morgan fingerprint density at radius 1 is 1.38 bits per heavy atom. The summed E-state index contributed by atoms with van der Waals surface area (Å²) in [5.41, 5.74) is 6.28. The molecule has 2 rings (SSSR count). The molecule has 3 heteroatoms. The molecule has 1 aromatic carbocycles. The summed E-state index contributed by atoms with van der Waals surface area (Å²) in [6, 6.07) is 6.96. The maximum absolute atomic E-state index is 9.40. The monoisotopic (exact) mass is 176 g/mol. The maximum Gasteiger partial charge on any atom is 0.141 e. The van der Waals surface area contributed by atoms with Crippen LogP contribution in [0.5, 0.6) is 5.75 Å². The number of aliphatic imine (C=N–C) groups is 1. The Morgan fingerprint density at radius 2 is 2.08 bits per heavy atom. The molecular formula is C10H12N2O. The van der Waals surface area contributed by atoms with E-state index in [2.05, 4.69) is 4.99 Å². The zero-order valence-electron chi connectivity index (χ0n) is 7.27. The predicted molar refractivity (Wildman–Crippen MR) is 52.1 cm³/mol. The summed E-state index contributed by atoms with van der Waals surface area (Å²) in [4.78, 5) is 4.16. The van der Waals surface area contributed by atoms with Crippen LogP contribution >= 0.6 is 0 Å². The van der Waals surface area contributed by atoms with Crippen molar-refractivity contribution in [1.82, 2.24) is 0 Å². The van der Waals surface area contributed by atoms with Crippen molar-refractivity contribution < 1.29 is 5.11 Å². The third-order valence-electron chi connectivity index (χ3n) is 2.13. The van der Waals surface area contributed by atoms with E-state index in [0.717, 1.165) is 12.8 Å². The van der Waals surface area contributed by atoms with Crippen molar-refractivity contribution in [3.05, 3.63) is 24.3 Å². The highest BCUT2D eigenvalue weighted by molar-refractivity contribution is 5.87. The SMILES string of the molecule is NC(=Nc1ccccc1O)C1CC1. The molecule has 1 aliphatic carbocycles. The van der Waals surface area contributed by atoms with Crippen LogP contribution in [-0.2, 0) is 0 Å². The molecule has 13 heavy (non-hydrogen) atoms. The van der Waals surface area contributed by atoms with E-state index in [4.69, 9.17) is 5.73 Å². The number of phenolic OH excluding ortho intramolecular Hbond substituents is 1. The first-order chi connectivity index (χ1) is 6.27. The summed E-state index contributed by atoms with van der Waals surface area (Å²) in [6.07, 6.45) is 2.26. The molecule has 0 heterocycles. The van der Waals surface area contributed by atoms with Gasteiger partial charge in [0, 0.05) is 5.92 Å². The molecule has 0 saturated heterocycles. The minimum Gasteiger partial charge on any atom is -0.506 e. The minimum absolute atomic E-state index is 0.186. The highest BCUT2D eigenvalue weighted by Gasteiger charge is 2.25. The molecule has 1 fully saturated rings. The van der Waals surface area contributed by atoms with Crippen LogP contribution in [0, 0.1) is 5.92 Å². The molecule has 0 aromatic heterocycles. The molecule has 1 aliphatic rings. The average Bonchev–Trinajstić information content (AvgIpc) is 2.91. The van der Waals surface area contributed by atoms with Crippen molar-refractivity contribution in [2.75, 3.05) is 0 Å². The van der Waals surface area contributed by atoms with Crippen LogP contribution in [0.1, 0.15) is 12.8 Å². The largest absolute Gasteiger partial charge is 0.506 e. The third-order valence-corrected chi connectivity index (χ3v) is 2.13. The lowest BCUT2D eigenvalue weighted by Gasteiger charge is -1.99. The molecule has 1 saturated carbocycles. The number of phenols is 1. The van der Waals surface area contributed by atoms with E-state index in [1.54, 1.807) is 18.2 Å². The lowest BCUT2D eigenvalue weighted by molar-refractivity contribution is 0.477. The van der Waals surface area contributed by atoms with Crippen LogP contribution in [0.4, 0.5) is 5.69 Å². The second kappa shape index (κ2) is 3.09. The van der Waals surface area contributed by atoms with Gasteiger partial charge in [0.1, 0.15) is 17.3 Å². The average molecular weight is 176 g/mol. The van der Waals surface area contributed by atoms with Crippen molar-refractivity contribution in [1.29, 1.82) is 0 Å². The molecule has 68 valence electrons. The molecule has 0 radical (unpaired) electrons. The first-order valence-electron chi connectivity index (χ1n) is 4.39. The van der Waals surface area contributed by atoms with Gasteiger partial charge in [0.25, 0.3) is 0 Å². The Bertz CT molecular complexity index is 343. The third kappa shape index (κ3) is 1.80.